The van der Waals surface area contributed by atoms with Crippen LogP contribution < -0.4 is 16.0 Å². The van der Waals surface area contributed by atoms with Crippen molar-refractivity contribution in [1.82, 2.24) is 14.8 Å². The van der Waals surface area contributed by atoms with Crippen LogP contribution >= 0.6 is 11.8 Å². The zero-order valence-electron chi connectivity index (χ0n) is 18.6. The highest BCUT2D eigenvalue weighted by Gasteiger charge is 2.33. The minimum Gasteiger partial charge on any atom is -0.372 e. The van der Waals surface area contributed by atoms with E-state index in [1.165, 1.54) is 5.56 Å². The minimum atomic E-state index is -0.465. The lowest BCUT2D eigenvalue weighted by Gasteiger charge is -2.28. The van der Waals surface area contributed by atoms with Gasteiger partial charge in [0.05, 0.1) is 5.57 Å². The normalized spacial score (nSPS) is 15.3. The molecule has 0 saturated heterocycles. The average molecular weight is 449 g/mol. The van der Waals surface area contributed by atoms with Gasteiger partial charge in [0, 0.05) is 30.2 Å². The maximum absolute atomic E-state index is 12.4. The number of amides is 1. The first kappa shape index (κ1) is 22.0. The molecule has 7 nitrogen and oxygen atoms in total. The molecule has 0 bridgehead atoms. The fraction of sp³-hybridized carbons (Fsp3) is 0.292. The summed E-state index contributed by atoms with van der Waals surface area (Å²) < 4.78 is 1.77. The highest BCUT2D eigenvalue weighted by molar-refractivity contribution is 7.98. The molecule has 1 aromatic heterocycles. The van der Waals surface area contributed by atoms with Gasteiger partial charge in [0.25, 0.3) is 0 Å². The number of anilines is 2. The lowest BCUT2D eigenvalue weighted by atomic mass is 9.95. The number of nitrogens with zero attached hydrogens (tertiary/aromatic N) is 4. The predicted molar refractivity (Wildman–Crippen MR) is 130 cm³/mol. The van der Waals surface area contributed by atoms with Crippen LogP contribution in [0, 0.1) is 0 Å². The fourth-order valence-corrected chi connectivity index (χ4v) is 4.78. The van der Waals surface area contributed by atoms with Gasteiger partial charge in [0.1, 0.15) is 6.04 Å². The van der Waals surface area contributed by atoms with Crippen LogP contribution in [0.5, 0.6) is 0 Å². The monoisotopic (exact) mass is 448 g/mol. The summed E-state index contributed by atoms with van der Waals surface area (Å²) in [6.07, 6.45) is 0. The van der Waals surface area contributed by atoms with E-state index in [1.807, 2.05) is 37.3 Å². The number of primary amides is 1. The zero-order chi connectivity index (χ0) is 22.7. The molecule has 0 saturated carbocycles. The summed E-state index contributed by atoms with van der Waals surface area (Å²) in [4.78, 5) is 19.3. The molecule has 1 amide bonds. The molecule has 2 aromatic carbocycles. The van der Waals surface area contributed by atoms with Gasteiger partial charge in [0.15, 0.2) is 0 Å². The Morgan fingerprint density at radius 1 is 1.12 bits per heavy atom. The molecule has 0 fully saturated rings. The molecule has 4 rings (SSSR count). The average Bonchev–Trinajstić information content (AvgIpc) is 3.21. The molecule has 1 aliphatic rings. The zero-order valence-corrected chi connectivity index (χ0v) is 19.4. The van der Waals surface area contributed by atoms with Crippen molar-refractivity contribution in [3.63, 3.8) is 0 Å². The maximum atomic E-state index is 12.4. The molecule has 0 radical (unpaired) electrons. The van der Waals surface area contributed by atoms with Gasteiger partial charge in [0.2, 0.25) is 17.0 Å². The molecule has 32 heavy (non-hydrogen) atoms. The Morgan fingerprint density at radius 3 is 2.44 bits per heavy atom. The van der Waals surface area contributed by atoms with Crippen LogP contribution in [-0.2, 0) is 10.5 Å². The first-order chi connectivity index (χ1) is 15.5. The van der Waals surface area contributed by atoms with Gasteiger partial charge in [-0.25, -0.2) is 4.68 Å². The van der Waals surface area contributed by atoms with Gasteiger partial charge in [-0.15, -0.1) is 5.10 Å². The lowest BCUT2D eigenvalue weighted by Crippen LogP contribution is -2.32. The Balaban J connectivity index is 1.67. The molecule has 1 aliphatic heterocycles. The number of allylic oxidation sites excluding steroid dienone is 1. The SMILES string of the molecule is CCN(CC)c1ccc([C@H]2C(C(N)=O)=C(C)Nc3nc(SCc4ccccc4)nn32)cc1. The molecule has 166 valence electrons. The number of fused-ring (bicyclic) bond motifs is 1. The molecule has 8 heteroatoms. The summed E-state index contributed by atoms with van der Waals surface area (Å²) >= 11 is 1.56. The van der Waals surface area contributed by atoms with E-state index in [4.69, 9.17) is 10.8 Å². The molecule has 0 aliphatic carbocycles. The Hall–Kier alpha value is -3.26. The largest absolute Gasteiger partial charge is 0.372 e. The maximum Gasteiger partial charge on any atom is 0.248 e. The van der Waals surface area contributed by atoms with Gasteiger partial charge in [-0.05, 0) is 44.0 Å². The topological polar surface area (TPSA) is 89.1 Å². The fourth-order valence-electron chi connectivity index (χ4n) is 4.00. The minimum absolute atomic E-state index is 0.423. The van der Waals surface area contributed by atoms with Crippen LogP contribution in [0.3, 0.4) is 0 Å². The standard InChI is InChI=1S/C24H28N6OS/c1-4-29(5-2)19-13-11-18(12-14-19)21-20(22(25)31)16(3)26-23-27-24(28-30(21)23)32-15-17-9-7-6-8-10-17/h6-14,21H,4-5,15H2,1-3H3,(H2,25,31)(H,26,27,28)/t21-/m0/s1. The summed E-state index contributed by atoms with van der Waals surface area (Å²) in [6, 6.07) is 18.0. The van der Waals surface area contributed by atoms with E-state index in [2.05, 4.69) is 53.3 Å². The second kappa shape index (κ2) is 9.48. The van der Waals surface area contributed by atoms with Crippen molar-refractivity contribution >= 4 is 29.3 Å². The third-order valence-corrected chi connectivity index (χ3v) is 6.56. The lowest BCUT2D eigenvalue weighted by molar-refractivity contribution is -0.115. The molecule has 1 atom stereocenters. The molecule has 3 N–H and O–H groups in total. The van der Waals surface area contributed by atoms with Crippen molar-refractivity contribution in [2.75, 3.05) is 23.3 Å². The van der Waals surface area contributed by atoms with Crippen LogP contribution in [-0.4, -0.2) is 33.8 Å². The smallest absolute Gasteiger partial charge is 0.248 e. The molecule has 0 spiro atoms. The van der Waals surface area contributed by atoms with Gasteiger partial charge < -0.3 is 16.0 Å². The Kier molecular flexibility index (Phi) is 6.50. The molecular weight excluding hydrogens is 420 g/mol. The number of hydrogen-bond acceptors (Lipinski definition) is 6. The van der Waals surface area contributed by atoms with E-state index < -0.39 is 11.9 Å². The van der Waals surface area contributed by atoms with Crippen molar-refractivity contribution < 1.29 is 4.79 Å². The number of nitrogens with two attached hydrogens (primary N) is 1. The van der Waals surface area contributed by atoms with Crippen molar-refractivity contribution in [3.8, 4) is 0 Å². The van der Waals surface area contributed by atoms with Crippen LogP contribution in [0.2, 0.25) is 0 Å². The highest BCUT2D eigenvalue weighted by atomic mass is 32.2. The second-order valence-corrected chi connectivity index (χ2v) is 8.57. The van der Waals surface area contributed by atoms with E-state index in [9.17, 15) is 4.79 Å². The van der Waals surface area contributed by atoms with E-state index in [-0.39, 0.29) is 0 Å². The van der Waals surface area contributed by atoms with Gasteiger partial charge in [-0.3, -0.25) is 4.79 Å². The molecular formula is C24H28N6OS. The van der Waals surface area contributed by atoms with E-state index in [0.717, 1.165) is 30.1 Å². The molecule has 0 unspecified atom stereocenters. The predicted octanol–water partition coefficient (Wildman–Crippen LogP) is 4.19. The van der Waals surface area contributed by atoms with Crippen LogP contribution in [0.15, 0.2) is 71.0 Å². The number of thioether (sulfide) groups is 1. The number of aromatic nitrogens is 3. The van der Waals surface area contributed by atoms with E-state index >= 15 is 0 Å². The van der Waals surface area contributed by atoms with Gasteiger partial charge >= 0.3 is 0 Å². The van der Waals surface area contributed by atoms with Gasteiger partial charge in [-0.2, -0.15) is 4.98 Å². The highest BCUT2D eigenvalue weighted by Crippen LogP contribution is 2.36. The van der Waals surface area contributed by atoms with Crippen LogP contribution in [0.25, 0.3) is 0 Å². The summed E-state index contributed by atoms with van der Waals surface area (Å²) in [5.74, 6) is 0.913. The van der Waals surface area contributed by atoms with Crippen molar-refractivity contribution in [2.45, 2.75) is 37.7 Å². The Bertz CT molecular complexity index is 1120. The van der Waals surface area contributed by atoms with Crippen molar-refractivity contribution in [3.05, 3.63) is 77.0 Å². The molecule has 3 aromatic rings. The Morgan fingerprint density at radius 2 is 1.81 bits per heavy atom. The Labute approximate surface area is 192 Å². The van der Waals surface area contributed by atoms with Crippen LogP contribution in [0.1, 0.15) is 37.9 Å². The number of hydrogen-bond donors (Lipinski definition) is 2. The number of carbonyl (C=O) groups excluding carboxylic acids is 1. The summed E-state index contributed by atoms with van der Waals surface area (Å²) in [7, 11) is 0. The molecule has 2 heterocycles. The number of carbonyl (C=O) groups is 1. The number of benzene rings is 2. The van der Waals surface area contributed by atoms with Crippen molar-refractivity contribution in [2.24, 2.45) is 5.73 Å². The quantitative estimate of drug-likeness (QED) is 0.502. The first-order valence-corrected chi connectivity index (χ1v) is 11.8. The third-order valence-electron chi connectivity index (χ3n) is 5.65. The van der Waals surface area contributed by atoms with Gasteiger partial charge in [-0.1, -0.05) is 54.2 Å². The third kappa shape index (κ3) is 4.36. The summed E-state index contributed by atoms with van der Waals surface area (Å²) in [6.45, 7) is 8.00. The first-order valence-electron chi connectivity index (χ1n) is 10.8. The van der Waals surface area contributed by atoms with E-state index in [1.54, 1.807) is 16.4 Å². The summed E-state index contributed by atoms with van der Waals surface area (Å²) in [5.41, 5.74) is 10.3. The number of nitrogens with one attached hydrogen (secondary N) is 1. The van der Waals surface area contributed by atoms with Crippen LogP contribution in [0.4, 0.5) is 11.6 Å². The second-order valence-electron chi connectivity index (χ2n) is 7.63. The number of rotatable bonds is 8. The summed E-state index contributed by atoms with van der Waals surface area (Å²) in [5, 5.41) is 8.59. The van der Waals surface area contributed by atoms with Crippen molar-refractivity contribution in [1.29, 1.82) is 0 Å². The van der Waals surface area contributed by atoms with E-state index in [0.29, 0.717) is 22.4 Å².